The van der Waals surface area contributed by atoms with Crippen molar-refractivity contribution in [2.75, 3.05) is 5.32 Å². The zero-order chi connectivity index (χ0) is 11.4. The maximum absolute atomic E-state index is 10.5. The number of aromatic nitrogens is 1. The first-order valence-electron chi connectivity index (χ1n) is 4.70. The molecule has 0 fully saturated rings. The van der Waals surface area contributed by atoms with E-state index in [1.54, 1.807) is 0 Å². The third-order valence-electron chi connectivity index (χ3n) is 2.00. The van der Waals surface area contributed by atoms with Crippen molar-refractivity contribution in [1.29, 1.82) is 0 Å². The monoisotopic (exact) mass is 272 g/mol. The molecule has 1 aromatic carbocycles. The van der Waals surface area contributed by atoms with Gasteiger partial charge in [0, 0.05) is 11.9 Å². The summed E-state index contributed by atoms with van der Waals surface area (Å²) in [7, 11) is 0. The molecule has 82 valence electrons. The Morgan fingerprint density at radius 1 is 1.35 bits per heavy atom. The van der Waals surface area contributed by atoms with Crippen molar-refractivity contribution >= 4 is 22.4 Å². The Kier molecular flexibility index (Phi) is 6.32. The summed E-state index contributed by atoms with van der Waals surface area (Å²) in [5, 5.41) is 15.6. The molecule has 17 heavy (non-hydrogen) atoms. The third kappa shape index (κ3) is 4.49. The van der Waals surface area contributed by atoms with Crippen LogP contribution < -0.4 is 61.8 Å². The molecule has 2 rings (SSSR count). The number of carboxylic acids is 1. The number of hydrogen-bond acceptors (Lipinski definition) is 5. The number of carbonyl (C=O) groups excluding carboxylic acids is 1. The zero-order valence-corrected chi connectivity index (χ0v) is 13.3. The van der Waals surface area contributed by atoms with Gasteiger partial charge >= 0.3 is 51.4 Å². The Morgan fingerprint density at radius 2 is 2.06 bits per heavy atom. The van der Waals surface area contributed by atoms with Crippen molar-refractivity contribution in [3.8, 4) is 0 Å². The molecule has 0 saturated carbocycles. The zero-order valence-electron chi connectivity index (χ0n) is 9.34. The van der Waals surface area contributed by atoms with Crippen LogP contribution in [0.1, 0.15) is 16.1 Å². The molecule has 0 bridgehead atoms. The van der Waals surface area contributed by atoms with Gasteiger partial charge in [-0.15, -0.1) is 11.3 Å². The number of thiazole rings is 1. The van der Waals surface area contributed by atoms with Gasteiger partial charge in [0.2, 0.25) is 0 Å². The van der Waals surface area contributed by atoms with Gasteiger partial charge in [-0.2, -0.15) is 0 Å². The normalized spacial score (nSPS) is 9.41. The third-order valence-corrected chi connectivity index (χ3v) is 2.80. The quantitative estimate of drug-likeness (QED) is 0.662. The second-order valence-electron chi connectivity index (χ2n) is 3.16. The van der Waals surface area contributed by atoms with Crippen LogP contribution in [0.25, 0.3) is 0 Å². The molecular formula is C11H9KN2O2S. The smallest absolute Gasteiger partial charge is 0.543 e. The van der Waals surface area contributed by atoms with E-state index in [0.29, 0.717) is 11.7 Å². The maximum atomic E-state index is 10.5. The number of aromatic carboxylic acids is 1. The summed E-state index contributed by atoms with van der Waals surface area (Å²) in [5.74, 6) is -1.25. The van der Waals surface area contributed by atoms with Crippen molar-refractivity contribution in [3.05, 3.63) is 47.0 Å². The molecule has 0 aliphatic heterocycles. The molecule has 0 amide bonds. The first kappa shape index (κ1) is 14.8. The fourth-order valence-electron chi connectivity index (χ4n) is 1.22. The van der Waals surface area contributed by atoms with E-state index in [-0.39, 0.29) is 57.1 Å². The summed E-state index contributed by atoms with van der Waals surface area (Å²) < 4.78 is 0. The van der Waals surface area contributed by atoms with E-state index in [2.05, 4.69) is 10.3 Å². The SMILES string of the molecule is O=C([O-])c1csc(NCc2ccccc2)n1.[K+]. The molecule has 1 aromatic heterocycles. The Morgan fingerprint density at radius 3 is 2.65 bits per heavy atom. The molecule has 0 unspecified atom stereocenters. The van der Waals surface area contributed by atoms with Crippen LogP contribution in [0.3, 0.4) is 0 Å². The van der Waals surface area contributed by atoms with Gasteiger partial charge in [0.25, 0.3) is 0 Å². The molecule has 0 aliphatic rings. The number of carboxylic acid groups (broad SMARTS) is 1. The number of hydrogen-bond donors (Lipinski definition) is 1. The maximum Gasteiger partial charge on any atom is 1.00 e. The second-order valence-corrected chi connectivity index (χ2v) is 4.02. The molecule has 4 nitrogen and oxygen atoms in total. The molecule has 0 spiro atoms. The van der Waals surface area contributed by atoms with Crippen molar-refractivity contribution in [1.82, 2.24) is 4.98 Å². The predicted molar refractivity (Wildman–Crippen MR) is 60.2 cm³/mol. The topological polar surface area (TPSA) is 65.0 Å². The van der Waals surface area contributed by atoms with Crippen LogP contribution >= 0.6 is 11.3 Å². The number of nitrogens with zero attached hydrogens (tertiary/aromatic N) is 1. The fourth-order valence-corrected chi connectivity index (χ4v) is 1.90. The van der Waals surface area contributed by atoms with Gasteiger partial charge in [-0.05, 0) is 5.56 Å². The molecule has 1 N–H and O–H groups in total. The summed E-state index contributed by atoms with van der Waals surface area (Å²) in [5.41, 5.74) is 1.09. The van der Waals surface area contributed by atoms with Crippen LogP contribution in [0.4, 0.5) is 5.13 Å². The van der Waals surface area contributed by atoms with E-state index in [0.717, 1.165) is 5.56 Å². The minimum Gasteiger partial charge on any atom is -0.543 e. The van der Waals surface area contributed by atoms with Crippen LogP contribution in [0, 0.1) is 0 Å². The summed E-state index contributed by atoms with van der Waals surface area (Å²) in [6.07, 6.45) is 0. The summed E-state index contributed by atoms with van der Waals surface area (Å²) in [4.78, 5) is 14.4. The summed E-state index contributed by atoms with van der Waals surface area (Å²) in [6, 6.07) is 9.82. The molecular weight excluding hydrogens is 263 g/mol. The van der Waals surface area contributed by atoms with Gasteiger partial charge in [0.05, 0.1) is 11.7 Å². The number of nitrogens with one attached hydrogen (secondary N) is 1. The fraction of sp³-hybridized carbons (Fsp3) is 0.0909. The Bertz CT molecular complexity index is 487. The minimum absolute atomic E-state index is 0. The van der Waals surface area contributed by atoms with Gasteiger partial charge in [0.15, 0.2) is 5.13 Å². The number of rotatable bonds is 4. The number of anilines is 1. The Labute approximate surface area is 146 Å². The molecule has 0 aliphatic carbocycles. The first-order chi connectivity index (χ1) is 7.75. The molecule has 2 aromatic rings. The largest absolute Gasteiger partial charge is 1.00 e. The summed E-state index contributed by atoms with van der Waals surface area (Å²) in [6.45, 7) is 0.626. The average Bonchev–Trinajstić information content (AvgIpc) is 2.76. The Hall–Kier alpha value is -0.244. The average molecular weight is 272 g/mol. The van der Waals surface area contributed by atoms with E-state index in [9.17, 15) is 9.90 Å². The molecule has 0 saturated heterocycles. The van der Waals surface area contributed by atoms with Gasteiger partial charge in [-0.1, -0.05) is 30.3 Å². The molecule has 0 atom stereocenters. The molecule has 0 radical (unpaired) electrons. The van der Waals surface area contributed by atoms with Gasteiger partial charge in [0.1, 0.15) is 0 Å². The van der Waals surface area contributed by atoms with Crippen molar-refractivity contribution in [2.24, 2.45) is 0 Å². The van der Waals surface area contributed by atoms with E-state index < -0.39 is 5.97 Å². The van der Waals surface area contributed by atoms with Crippen LogP contribution in [-0.2, 0) is 6.54 Å². The van der Waals surface area contributed by atoms with E-state index in [1.165, 1.54) is 16.7 Å². The van der Waals surface area contributed by atoms with E-state index in [1.807, 2.05) is 30.3 Å². The number of benzene rings is 1. The van der Waals surface area contributed by atoms with Crippen LogP contribution in [0.2, 0.25) is 0 Å². The van der Waals surface area contributed by atoms with Gasteiger partial charge < -0.3 is 15.2 Å². The van der Waals surface area contributed by atoms with Crippen molar-refractivity contribution in [3.63, 3.8) is 0 Å². The van der Waals surface area contributed by atoms with E-state index >= 15 is 0 Å². The predicted octanol–water partition coefficient (Wildman–Crippen LogP) is -1.88. The first-order valence-corrected chi connectivity index (χ1v) is 5.58. The number of carbonyl (C=O) groups is 1. The minimum atomic E-state index is -1.25. The van der Waals surface area contributed by atoms with Crippen molar-refractivity contribution < 1.29 is 61.3 Å². The van der Waals surface area contributed by atoms with E-state index in [4.69, 9.17) is 0 Å². The standard InChI is InChI=1S/C11H10N2O2S.K/c14-10(15)9-7-16-11(13-9)12-6-8-4-2-1-3-5-8;/h1-5,7H,6H2,(H,12,13)(H,14,15);/q;+1/p-1. The van der Waals surface area contributed by atoms with Crippen LogP contribution in [0.15, 0.2) is 35.7 Å². The van der Waals surface area contributed by atoms with Crippen LogP contribution in [-0.4, -0.2) is 11.0 Å². The molecule has 1 heterocycles. The van der Waals surface area contributed by atoms with Crippen molar-refractivity contribution in [2.45, 2.75) is 6.54 Å². The molecule has 6 heteroatoms. The second kappa shape index (κ2) is 7.25. The van der Waals surface area contributed by atoms with Crippen LogP contribution in [0.5, 0.6) is 0 Å². The summed E-state index contributed by atoms with van der Waals surface area (Å²) >= 11 is 1.25. The van der Waals surface area contributed by atoms with Gasteiger partial charge in [-0.25, -0.2) is 4.98 Å². The Balaban J connectivity index is 0.00000144. The van der Waals surface area contributed by atoms with Gasteiger partial charge in [-0.3, -0.25) is 0 Å².